The van der Waals surface area contributed by atoms with E-state index in [2.05, 4.69) is 25.3 Å². The molecule has 2 aromatic heterocycles. The number of carboxylic acids is 1. The van der Waals surface area contributed by atoms with Crippen molar-refractivity contribution < 1.29 is 23.8 Å². The number of hydrogen-bond acceptors (Lipinski definition) is 8. The molecule has 0 aliphatic carbocycles. The zero-order chi connectivity index (χ0) is 22.0. The third-order valence-electron chi connectivity index (χ3n) is 4.50. The predicted molar refractivity (Wildman–Crippen MR) is 108 cm³/mol. The lowest BCUT2D eigenvalue weighted by molar-refractivity contribution is -0.211. The van der Waals surface area contributed by atoms with Crippen LogP contribution in [0.3, 0.4) is 0 Å². The summed E-state index contributed by atoms with van der Waals surface area (Å²) in [6.07, 6.45) is 0.741. The Kier molecular flexibility index (Phi) is 5.63. The molecule has 0 amide bonds. The van der Waals surface area contributed by atoms with Crippen LogP contribution in [0.2, 0.25) is 0 Å². The third kappa shape index (κ3) is 4.85. The average molecular weight is 428 g/mol. The fraction of sp³-hybridized carbons (Fsp3) is 0.300. The van der Waals surface area contributed by atoms with Crippen LogP contribution in [0.1, 0.15) is 19.0 Å². The molecule has 11 heteroatoms. The highest BCUT2D eigenvalue weighted by Crippen LogP contribution is 2.33. The zero-order valence-corrected chi connectivity index (χ0v) is 16.6. The lowest BCUT2D eigenvalue weighted by Gasteiger charge is -2.33. The van der Waals surface area contributed by atoms with Crippen molar-refractivity contribution in [1.82, 2.24) is 19.9 Å². The molecule has 1 saturated heterocycles. The van der Waals surface area contributed by atoms with Gasteiger partial charge in [-0.3, -0.25) is 4.79 Å². The second-order valence-electron chi connectivity index (χ2n) is 7.47. The number of hydrogen-bond donors (Lipinski definition) is 4. The molecule has 5 N–H and O–H groups in total. The van der Waals surface area contributed by atoms with Gasteiger partial charge in [0, 0.05) is 11.8 Å². The first-order valence-corrected chi connectivity index (χ1v) is 9.48. The molecule has 1 aromatic carbocycles. The molecule has 0 saturated carbocycles. The summed E-state index contributed by atoms with van der Waals surface area (Å²) >= 11 is 0. The van der Waals surface area contributed by atoms with E-state index in [1.165, 1.54) is 18.3 Å². The number of benzene rings is 1. The van der Waals surface area contributed by atoms with Crippen LogP contribution < -0.4 is 11.1 Å². The fourth-order valence-corrected chi connectivity index (χ4v) is 3.02. The number of aromatic nitrogens is 4. The number of anilines is 1. The Morgan fingerprint density at radius 2 is 2.00 bits per heavy atom. The Morgan fingerprint density at radius 3 is 2.68 bits per heavy atom. The number of H-pyrrole nitrogens is 1. The van der Waals surface area contributed by atoms with Gasteiger partial charge in [-0.1, -0.05) is 0 Å². The molecule has 1 fully saturated rings. The number of imidazole rings is 1. The van der Waals surface area contributed by atoms with Crippen LogP contribution in [-0.2, 0) is 14.3 Å². The fourth-order valence-electron chi connectivity index (χ4n) is 3.02. The first-order valence-electron chi connectivity index (χ1n) is 9.48. The molecular weight excluding hydrogens is 407 g/mol. The van der Waals surface area contributed by atoms with Gasteiger partial charge >= 0.3 is 5.97 Å². The SMILES string of the molecule is CC1(N)COC(c2nc(-c3ccc(F)cc3)c(-c3ccnc(NCC(=O)O)n3)[nH]2)OC1. The zero-order valence-electron chi connectivity index (χ0n) is 16.6. The highest BCUT2D eigenvalue weighted by atomic mass is 19.1. The molecule has 0 spiro atoms. The first-order chi connectivity index (χ1) is 14.8. The van der Waals surface area contributed by atoms with E-state index in [1.54, 1.807) is 18.2 Å². The molecule has 0 radical (unpaired) electrons. The predicted octanol–water partition coefficient (Wildman–Crippen LogP) is 1.93. The van der Waals surface area contributed by atoms with E-state index in [0.717, 1.165) is 0 Å². The monoisotopic (exact) mass is 428 g/mol. The Hall–Kier alpha value is -3.41. The number of halogens is 1. The number of carboxylic acid groups (broad SMARTS) is 1. The van der Waals surface area contributed by atoms with Crippen LogP contribution in [0, 0.1) is 5.82 Å². The second-order valence-corrected chi connectivity index (χ2v) is 7.47. The van der Waals surface area contributed by atoms with Crippen molar-refractivity contribution in [3.63, 3.8) is 0 Å². The number of nitrogens with zero attached hydrogens (tertiary/aromatic N) is 3. The van der Waals surface area contributed by atoms with Gasteiger partial charge in [0.2, 0.25) is 12.2 Å². The summed E-state index contributed by atoms with van der Waals surface area (Å²) in [5.74, 6) is -0.860. The minimum Gasteiger partial charge on any atom is -0.480 e. The summed E-state index contributed by atoms with van der Waals surface area (Å²) in [5, 5.41) is 11.5. The number of rotatable bonds is 6. The van der Waals surface area contributed by atoms with Crippen LogP contribution in [0.4, 0.5) is 10.3 Å². The maximum Gasteiger partial charge on any atom is 0.322 e. The molecule has 0 atom stereocenters. The molecule has 0 bridgehead atoms. The van der Waals surface area contributed by atoms with Gasteiger partial charge < -0.3 is 30.6 Å². The molecule has 3 aromatic rings. The van der Waals surface area contributed by atoms with Crippen molar-refractivity contribution in [1.29, 1.82) is 0 Å². The molecule has 4 rings (SSSR count). The topological polar surface area (TPSA) is 148 Å². The van der Waals surface area contributed by atoms with E-state index in [0.29, 0.717) is 28.5 Å². The van der Waals surface area contributed by atoms with Gasteiger partial charge in [0.15, 0.2) is 5.82 Å². The summed E-state index contributed by atoms with van der Waals surface area (Å²) in [7, 11) is 0. The third-order valence-corrected chi connectivity index (χ3v) is 4.50. The summed E-state index contributed by atoms with van der Waals surface area (Å²) in [6, 6.07) is 7.52. The minimum atomic E-state index is -1.04. The standard InChI is InChI=1S/C20H21FN6O4/c1-20(22)9-30-18(31-10-20)17-26-15(11-2-4-12(21)5-3-11)16(27-17)13-6-7-23-19(25-13)24-8-14(28)29/h2-7,18H,8-10,22H2,1H3,(H,26,27)(H,28,29)(H,23,24,25). The maximum atomic E-state index is 13.4. The second kappa shape index (κ2) is 8.38. The average Bonchev–Trinajstić information content (AvgIpc) is 3.18. The van der Waals surface area contributed by atoms with E-state index in [9.17, 15) is 9.18 Å². The molecular formula is C20H21FN6O4. The maximum absolute atomic E-state index is 13.4. The number of carbonyl (C=O) groups is 1. The Bertz CT molecular complexity index is 1080. The van der Waals surface area contributed by atoms with Gasteiger partial charge in [0.25, 0.3) is 0 Å². The largest absolute Gasteiger partial charge is 0.480 e. The highest BCUT2D eigenvalue weighted by molar-refractivity contribution is 5.77. The van der Waals surface area contributed by atoms with E-state index < -0.39 is 17.8 Å². The van der Waals surface area contributed by atoms with Gasteiger partial charge in [-0.05, 0) is 37.3 Å². The van der Waals surface area contributed by atoms with E-state index in [-0.39, 0.29) is 31.5 Å². The molecule has 31 heavy (non-hydrogen) atoms. The first kappa shape index (κ1) is 20.8. The highest BCUT2D eigenvalue weighted by Gasteiger charge is 2.32. The van der Waals surface area contributed by atoms with Crippen LogP contribution in [0.25, 0.3) is 22.6 Å². The van der Waals surface area contributed by atoms with Crippen molar-refractivity contribution in [3.05, 3.63) is 48.2 Å². The van der Waals surface area contributed by atoms with Gasteiger partial charge in [-0.2, -0.15) is 0 Å². The van der Waals surface area contributed by atoms with Gasteiger partial charge in [-0.25, -0.2) is 19.3 Å². The lowest BCUT2D eigenvalue weighted by atomic mass is 10.1. The number of aromatic amines is 1. The smallest absolute Gasteiger partial charge is 0.322 e. The minimum absolute atomic E-state index is 0.144. The molecule has 1 aliphatic heterocycles. The van der Waals surface area contributed by atoms with Crippen LogP contribution in [-0.4, -0.2) is 56.3 Å². The summed E-state index contributed by atoms with van der Waals surface area (Å²) in [5.41, 5.74) is 7.58. The van der Waals surface area contributed by atoms with Crippen LogP contribution >= 0.6 is 0 Å². The molecule has 0 unspecified atom stereocenters. The molecule has 162 valence electrons. The number of nitrogens with one attached hydrogen (secondary N) is 2. The van der Waals surface area contributed by atoms with Gasteiger partial charge in [0.05, 0.1) is 35.8 Å². The van der Waals surface area contributed by atoms with Gasteiger partial charge in [-0.15, -0.1) is 0 Å². The molecule has 1 aliphatic rings. The Morgan fingerprint density at radius 1 is 1.29 bits per heavy atom. The van der Waals surface area contributed by atoms with Gasteiger partial charge in [0.1, 0.15) is 12.4 Å². The lowest BCUT2D eigenvalue weighted by Crippen LogP contribution is -2.50. The quantitative estimate of drug-likeness (QED) is 0.462. The van der Waals surface area contributed by atoms with Crippen LogP contribution in [0.5, 0.6) is 0 Å². The van der Waals surface area contributed by atoms with Crippen molar-refractivity contribution in [3.8, 4) is 22.6 Å². The van der Waals surface area contributed by atoms with E-state index >= 15 is 0 Å². The van der Waals surface area contributed by atoms with Crippen molar-refractivity contribution in [2.45, 2.75) is 18.8 Å². The number of aliphatic carboxylic acids is 1. The van der Waals surface area contributed by atoms with Crippen molar-refractivity contribution in [2.75, 3.05) is 25.1 Å². The van der Waals surface area contributed by atoms with Crippen molar-refractivity contribution in [2.24, 2.45) is 5.73 Å². The summed E-state index contributed by atoms with van der Waals surface area (Å²) < 4.78 is 24.9. The molecule has 3 heterocycles. The molecule has 10 nitrogen and oxygen atoms in total. The summed E-state index contributed by atoms with van der Waals surface area (Å²) in [6.45, 7) is 2.07. The Labute approximate surface area is 176 Å². The van der Waals surface area contributed by atoms with E-state index in [1.807, 2.05) is 6.92 Å². The number of nitrogens with two attached hydrogens (primary N) is 1. The Balaban J connectivity index is 1.72. The van der Waals surface area contributed by atoms with Crippen molar-refractivity contribution >= 4 is 11.9 Å². The van der Waals surface area contributed by atoms with Crippen LogP contribution in [0.15, 0.2) is 36.5 Å². The normalized spacial score (nSPS) is 21.1. The van der Waals surface area contributed by atoms with E-state index in [4.69, 9.17) is 20.3 Å². The number of ether oxygens (including phenoxy) is 2. The summed E-state index contributed by atoms with van der Waals surface area (Å²) in [4.78, 5) is 27.0.